The predicted octanol–water partition coefficient (Wildman–Crippen LogP) is 3.11. The van der Waals surface area contributed by atoms with Gasteiger partial charge >= 0.3 is 12.2 Å². The van der Waals surface area contributed by atoms with Crippen LogP contribution in [0.15, 0.2) is 42.5 Å². The zero-order valence-corrected chi connectivity index (χ0v) is 20.9. The molecule has 2 aromatic rings. The van der Waals surface area contributed by atoms with Crippen LogP contribution < -0.4 is 11.1 Å². The number of hydrogen-bond acceptors (Lipinski definition) is 4. The van der Waals surface area contributed by atoms with Crippen LogP contribution in [0, 0.1) is 6.92 Å². The Morgan fingerprint density at radius 1 is 1.19 bits per heavy atom. The maximum Gasteiger partial charge on any atom is 0.416 e. The molecule has 2 aliphatic heterocycles. The lowest BCUT2D eigenvalue weighted by molar-refractivity contribution is -0.166. The van der Waals surface area contributed by atoms with Gasteiger partial charge in [0.05, 0.1) is 12.1 Å². The third kappa shape index (κ3) is 5.67. The fourth-order valence-corrected chi connectivity index (χ4v) is 5.02. The van der Waals surface area contributed by atoms with Gasteiger partial charge in [-0.25, -0.2) is 4.79 Å². The van der Waals surface area contributed by atoms with Crippen molar-refractivity contribution in [1.82, 2.24) is 20.0 Å². The van der Waals surface area contributed by atoms with Gasteiger partial charge in [-0.3, -0.25) is 9.59 Å². The lowest BCUT2D eigenvalue weighted by atomic mass is 10.0. The maximum absolute atomic E-state index is 13.2. The van der Waals surface area contributed by atoms with Crippen LogP contribution in [0.2, 0.25) is 5.02 Å². The number of piperazine rings is 1. The highest BCUT2D eigenvalue weighted by Gasteiger charge is 2.48. The first kappa shape index (κ1) is 26.7. The number of nitrogens with zero attached hydrogens (tertiary/aromatic N) is 3. The number of hydrogen-bond donors (Lipinski definition) is 2. The summed E-state index contributed by atoms with van der Waals surface area (Å²) in [6.45, 7) is 1.60. The van der Waals surface area contributed by atoms with E-state index in [2.05, 4.69) is 5.32 Å². The number of carbonyl (C=O) groups is 3. The summed E-state index contributed by atoms with van der Waals surface area (Å²) in [7, 11) is 0. The van der Waals surface area contributed by atoms with E-state index >= 15 is 0 Å². The van der Waals surface area contributed by atoms with Crippen LogP contribution in [0.4, 0.5) is 18.0 Å². The molecule has 37 heavy (non-hydrogen) atoms. The zero-order valence-electron chi connectivity index (χ0n) is 20.1. The smallest absolute Gasteiger partial charge is 0.334 e. The van der Waals surface area contributed by atoms with Crippen molar-refractivity contribution in [1.29, 1.82) is 0 Å². The molecule has 4 rings (SSSR count). The Hall–Kier alpha value is -3.31. The summed E-state index contributed by atoms with van der Waals surface area (Å²) in [6.07, 6.45) is -5.28. The molecular formula is C25H27ClF3N5O3. The van der Waals surface area contributed by atoms with E-state index in [1.807, 2.05) is 0 Å². The topological polar surface area (TPSA) is 99.0 Å². The van der Waals surface area contributed by atoms with Gasteiger partial charge in [-0.05, 0) is 36.2 Å². The molecule has 2 atom stereocenters. The highest BCUT2D eigenvalue weighted by Crippen LogP contribution is 2.31. The summed E-state index contributed by atoms with van der Waals surface area (Å²) < 4.78 is 39.6. The molecule has 2 aromatic carbocycles. The summed E-state index contributed by atoms with van der Waals surface area (Å²) in [5.74, 6) is -0.627. The minimum absolute atomic E-state index is 0.000873. The fraction of sp³-hybridized carbons (Fsp3) is 0.400. The van der Waals surface area contributed by atoms with E-state index in [0.717, 1.165) is 12.1 Å². The van der Waals surface area contributed by atoms with Crippen LogP contribution in [0.25, 0.3) is 0 Å². The molecule has 2 aliphatic rings. The first-order chi connectivity index (χ1) is 17.5. The quantitative estimate of drug-likeness (QED) is 0.612. The number of urea groups is 1. The van der Waals surface area contributed by atoms with Gasteiger partial charge < -0.3 is 25.8 Å². The Bertz CT molecular complexity index is 1210. The average Bonchev–Trinajstić information content (AvgIpc) is 2.84. The van der Waals surface area contributed by atoms with Crippen LogP contribution in [0.3, 0.4) is 0 Å². The van der Waals surface area contributed by atoms with Crippen LogP contribution in [-0.2, 0) is 28.9 Å². The standard InChI is InChI=1S/C25H27ClF3N5O3/c1-15-8-16(10-18(9-15)25(27,28)29)12-31-24(37)33-7-6-22(35)34-20(11-30)23(36)32(14-21(33)34)13-17-4-2-3-5-19(17)26/h2-5,8-10,20-21H,6-7,11-14,30H2,1H3,(H,31,37)/t20-,21+/m0/s1. The second-order valence-corrected chi connectivity index (χ2v) is 9.56. The van der Waals surface area contributed by atoms with Crippen LogP contribution in [-0.4, -0.2) is 64.4 Å². The van der Waals surface area contributed by atoms with Gasteiger partial charge in [-0.2, -0.15) is 13.2 Å². The van der Waals surface area contributed by atoms with Gasteiger partial charge in [0, 0.05) is 37.6 Å². The van der Waals surface area contributed by atoms with E-state index in [1.165, 1.54) is 14.7 Å². The van der Waals surface area contributed by atoms with E-state index < -0.39 is 30.0 Å². The minimum atomic E-state index is -4.50. The molecular weight excluding hydrogens is 511 g/mol. The van der Waals surface area contributed by atoms with Crippen molar-refractivity contribution >= 4 is 29.4 Å². The third-order valence-corrected chi connectivity index (χ3v) is 6.93. The van der Waals surface area contributed by atoms with Crippen LogP contribution in [0.1, 0.15) is 28.7 Å². The van der Waals surface area contributed by atoms with Crippen molar-refractivity contribution < 1.29 is 27.6 Å². The van der Waals surface area contributed by atoms with Crippen molar-refractivity contribution in [2.75, 3.05) is 19.6 Å². The third-order valence-electron chi connectivity index (χ3n) is 6.56. The number of halogens is 4. The van der Waals surface area contributed by atoms with Crippen molar-refractivity contribution in [3.05, 3.63) is 69.7 Å². The van der Waals surface area contributed by atoms with Gasteiger partial charge in [-0.15, -0.1) is 0 Å². The molecule has 0 radical (unpaired) electrons. The van der Waals surface area contributed by atoms with Crippen LogP contribution >= 0.6 is 11.6 Å². The fourth-order valence-electron chi connectivity index (χ4n) is 4.83. The Morgan fingerprint density at radius 3 is 2.59 bits per heavy atom. The molecule has 0 spiro atoms. The molecule has 0 aliphatic carbocycles. The van der Waals surface area contributed by atoms with Gasteiger partial charge in [0.15, 0.2) is 0 Å². The average molecular weight is 538 g/mol. The largest absolute Gasteiger partial charge is 0.416 e. The molecule has 0 saturated carbocycles. The lowest BCUT2D eigenvalue weighted by Gasteiger charge is -2.52. The highest BCUT2D eigenvalue weighted by atomic mass is 35.5. The number of nitrogens with two attached hydrogens (primary N) is 1. The van der Waals surface area contributed by atoms with Crippen LogP contribution in [0.5, 0.6) is 0 Å². The molecule has 0 aromatic heterocycles. The molecule has 4 amide bonds. The Labute approximate surface area is 217 Å². The summed E-state index contributed by atoms with van der Waals surface area (Å²) >= 11 is 6.28. The van der Waals surface area contributed by atoms with E-state index in [-0.39, 0.29) is 51.0 Å². The van der Waals surface area contributed by atoms with Gasteiger partial charge in [0.1, 0.15) is 12.2 Å². The normalized spacial score (nSPS) is 20.2. The molecule has 3 N–H and O–H groups in total. The molecule has 8 nitrogen and oxygen atoms in total. The van der Waals surface area contributed by atoms with Gasteiger partial charge in [0.2, 0.25) is 11.8 Å². The number of nitrogens with one attached hydrogen (secondary N) is 1. The minimum Gasteiger partial charge on any atom is -0.334 e. The molecule has 2 fully saturated rings. The zero-order chi connectivity index (χ0) is 26.9. The Kier molecular flexibility index (Phi) is 7.65. The number of amides is 4. The van der Waals surface area contributed by atoms with Crippen molar-refractivity contribution in [3.63, 3.8) is 0 Å². The molecule has 2 saturated heterocycles. The molecule has 2 heterocycles. The highest BCUT2D eigenvalue weighted by molar-refractivity contribution is 6.31. The first-order valence-electron chi connectivity index (χ1n) is 11.7. The van der Waals surface area contributed by atoms with Gasteiger partial charge in [-0.1, -0.05) is 41.4 Å². The second kappa shape index (κ2) is 10.6. The lowest BCUT2D eigenvalue weighted by Crippen LogP contribution is -2.73. The number of alkyl halides is 3. The molecule has 198 valence electrons. The summed E-state index contributed by atoms with van der Waals surface area (Å²) in [6, 6.07) is 9.15. The predicted molar refractivity (Wildman–Crippen MR) is 130 cm³/mol. The number of fused-ring (bicyclic) bond motifs is 1. The number of carbonyl (C=O) groups excluding carboxylic acids is 3. The second-order valence-electron chi connectivity index (χ2n) is 9.15. The van der Waals surface area contributed by atoms with Crippen molar-refractivity contribution in [2.45, 2.75) is 44.8 Å². The van der Waals surface area contributed by atoms with E-state index in [4.69, 9.17) is 17.3 Å². The monoisotopic (exact) mass is 537 g/mol. The molecule has 0 bridgehead atoms. The van der Waals surface area contributed by atoms with E-state index in [1.54, 1.807) is 37.3 Å². The molecule has 0 unspecified atom stereocenters. The maximum atomic E-state index is 13.2. The number of benzene rings is 2. The Balaban J connectivity index is 1.54. The first-order valence-corrected chi connectivity index (χ1v) is 12.1. The van der Waals surface area contributed by atoms with Gasteiger partial charge in [0.25, 0.3) is 0 Å². The SMILES string of the molecule is Cc1cc(CNC(=O)N2CCC(=O)N3[C@@H]2CN(Cc2ccccc2Cl)C(=O)[C@@H]3CN)cc(C(F)(F)F)c1. The summed E-state index contributed by atoms with van der Waals surface area (Å²) in [5, 5.41) is 3.15. The summed E-state index contributed by atoms with van der Waals surface area (Å²) in [5.41, 5.74) is 6.52. The molecule has 12 heteroatoms. The van der Waals surface area contributed by atoms with Crippen molar-refractivity contribution in [3.8, 4) is 0 Å². The van der Waals surface area contributed by atoms with Crippen molar-refractivity contribution in [2.24, 2.45) is 5.73 Å². The Morgan fingerprint density at radius 2 is 1.92 bits per heavy atom. The van der Waals surface area contributed by atoms with E-state index in [9.17, 15) is 27.6 Å². The van der Waals surface area contributed by atoms with E-state index in [0.29, 0.717) is 21.7 Å². The number of aryl methyl sites for hydroxylation is 1. The summed E-state index contributed by atoms with van der Waals surface area (Å²) in [4.78, 5) is 43.5. The number of rotatable bonds is 5.